The molecule has 0 spiro atoms. The minimum absolute atomic E-state index is 0.0512. The Labute approximate surface area is 111 Å². The number of rotatable bonds is 4. The van der Waals surface area contributed by atoms with Crippen molar-refractivity contribution in [1.29, 1.82) is 0 Å². The molecule has 0 fully saturated rings. The monoisotopic (exact) mass is 263 g/mol. The summed E-state index contributed by atoms with van der Waals surface area (Å²) in [5.74, 6) is 0.419. The van der Waals surface area contributed by atoms with Gasteiger partial charge in [0.1, 0.15) is 5.75 Å². The summed E-state index contributed by atoms with van der Waals surface area (Å²) in [5.41, 5.74) is 1.31. The fraction of sp³-hybridized carbons (Fsp3) is 0.385. The molecule has 0 unspecified atom stereocenters. The third-order valence-electron chi connectivity index (χ3n) is 2.86. The number of likely N-dealkylation sites (N-methyl/N-ethyl adjacent to an activating group) is 2. The topological polar surface area (TPSA) is 70.7 Å². The Morgan fingerprint density at radius 1 is 1.47 bits per heavy atom. The van der Waals surface area contributed by atoms with E-state index in [9.17, 15) is 9.59 Å². The molecule has 19 heavy (non-hydrogen) atoms. The first-order valence-corrected chi connectivity index (χ1v) is 6.15. The minimum atomic E-state index is -0.118. The van der Waals surface area contributed by atoms with Gasteiger partial charge in [-0.3, -0.25) is 9.59 Å². The number of hydrogen-bond donors (Lipinski definition) is 2. The Morgan fingerprint density at radius 3 is 3.00 bits per heavy atom. The molecular formula is C13H17N3O3. The Hall–Kier alpha value is -2.08. The standard InChI is InChI=1S/C13H17N3O3/c1-3-14-7-12(17)15-9-4-5-11-10(6-9)16(2)13(18)8-19-11/h4-6,14H,3,7-8H2,1-2H3,(H,15,17). The second-order valence-electron chi connectivity index (χ2n) is 4.25. The maximum atomic E-state index is 11.6. The van der Waals surface area contributed by atoms with Crippen LogP contribution in [0.4, 0.5) is 11.4 Å². The average molecular weight is 263 g/mol. The molecule has 1 aliphatic rings. The van der Waals surface area contributed by atoms with Gasteiger partial charge < -0.3 is 20.3 Å². The van der Waals surface area contributed by atoms with Gasteiger partial charge in [0.05, 0.1) is 12.2 Å². The zero-order valence-corrected chi connectivity index (χ0v) is 11.0. The van der Waals surface area contributed by atoms with Gasteiger partial charge in [0, 0.05) is 12.7 Å². The van der Waals surface area contributed by atoms with E-state index in [1.807, 2.05) is 6.92 Å². The Kier molecular flexibility index (Phi) is 4.01. The van der Waals surface area contributed by atoms with Crippen molar-refractivity contribution in [3.8, 4) is 5.75 Å². The number of carbonyl (C=O) groups is 2. The molecule has 0 bridgehead atoms. The van der Waals surface area contributed by atoms with Crippen LogP contribution < -0.4 is 20.3 Å². The number of amides is 2. The predicted octanol–water partition coefficient (Wildman–Crippen LogP) is 0.590. The van der Waals surface area contributed by atoms with Crippen LogP contribution in [0, 0.1) is 0 Å². The molecule has 102 valence electrons. The number of nitrogens with one attached hydrogen (secondary N) is 2. The molecule has 2 rings (SSSR count). The van der Waals surface area contributed by atoms with Gasteiger partial charge in [-0.2, -0.15) is 0 Å². The van der Waals surface area contributed by atoms with E-state index < -0.39 is 0 Å². The molecule has 1 aliphatic heterocycles. The highest BCUT2D eigenvalue weighted by Crippen LogP contribution is 2.33. The number of ether oxygens (including phenoxy) is 1. The first-order valence-electron chi connectivity index (χ1n) is 6.15. The summed E-state index contributed by atoms with van der Waals surface area (Å²) in [7, 11) is 1.69. The van der Waals surface area contributed by atoms with Gasteiger partial charge >= 0.3 is 0 Å². The van der Waals surface area contributed by atoms with Gasteiger partial charge in [0.15, 0.2) is 6.61 Å². The smallest absolute Gasteiger partial charge is 0.264 e. The van der Waals surface area contributed by atoms with Crippen molar-refractivity contribution in [2.24, 2.45) is 0 Å². The molecule has 0 aliphatic carbocycles. The van der Waals surface area contributed by atoms with Gasteiger partial charge in [-0.1, -0.05) is 6.92 Å². The third-order valence-corrected chi connectivity index (χ3v) is 2.86. The summed E-state index contributed by atoms with van der Waals surface area (Å²) < 4.78 is 5.31. The molecule has 0 atom stereocenters. The molecule has 1 aromatic rings. The molecule has 6 heteroatoms. The molecule has 2 amide bonds. The highest BCUT2D eigenvalue weighted by atomic mass is 16.5. The van der Waals surface area contributed by atoms with Crippen LogP contribution in [0.1, 0.15) is 6.92 Å². The lowest BCUT2D eigenvalue weighted by Gasteiger charge is -2.26. The molecule has 1 aromatic carbocycles. The first-order chi connectivity index (χ1) is 9.11. The number of fused-ring (bicyclic) bond motifs is 1. The third kappa shape index (κ3) is 3.03. The maximum absolute atomic E-state index is 11.6. The van der Waals surface area contributed by atoms with Gasteiger partial charge in [-0.05, 0) is 24.7 Å². The zero-order valence-electron chi connectivity index (χ0n) is 11.0. The van der Waals surface area contributed by atoms with E-state index in [0.717, 1.165) is 6.54 Å². The van der Waals surface area contributed by atoms with E-state index in [-0.39, 0.29) is 25.0 Å². The summed E-state index contributed by atoms with van der Waals surface area (Å²) in [5, 5.41) is 5.71. The van der Waals surface area contributed by atoms with E-state index in [2.05, 4.69) is 10.6 Å². The van der Waals surface area contributed by atoms with Crippen molar-refractivity contribution in [3.63, 3.8) is 0 Å². The van der Waals surface area contributed by atoms with Gasteiger partial charge in [0.2, 0.25) is 5.91 Å². The fourth-order valence-corrected chi connectivity index (χ4v) is 1.79. The molecule has 0 aromatic heterocycles. The number of nitrogens with zero attached hydrogens (tertiary/aromatic N) is 1. The van der Waals surface area contributed by atoms with Crippen molar-refractivity contribution in [1.82, 2.24) is 5.32 Å². The Morgan fingerprint density at radius 2 is 2.26 bits per heavy atom. The van der Waals surface area contributed by atoms with Gasteiger partial charge in [-0.15, -0.1) is 0 Å². The minimum Gasteiger partial charge on any atom is -0.482 e. The van der Waals surface area contributed by atoms with Crippen molar-refractivity contribution in [3.05, 3.63) is 18.2 Å². The first kappa shape index (κ1) is 13.4. The molecule has 0 saturated carbocycles. The molecule has 6 nitrogen and oxygen atoms in total. The van der Waals surface area contributed by atoms with E-state index in [1.165, 1.54) is 4.90 Å². The molecule has 0 saturated heterocycles. The second kappa shape index (κ2) is 5.71. The number of hydrogen-bond acceptors (Lipinski definition) is 4. The highest BCUT2D eigenvalue weighted by Gasteiger charge is 2.22. The van der Waals surface area contributed by atoms with E-state index in [0.29, 0.717) is 17.1 Å². The number of anilines is 2. The Bertz CT molecular complexity index is 502. The predicted molar refractivity (Wildman–Crippen MR) is 72.5 cm³/mol. The van der Waals surface area contributed by atoms with Crippen LogP contribution >= 0.6 is 0 Å². The Balaban J connectivity index is 2.12. The lowest BCUT2D eigenvalue weighted by atomic mass is 10.2. The maximum Gasteiger partial charge on any atom is 0.264 e. The largest absolute Gasteiger partial charge is 0.482 e. The summed E-state index contributed by atoms with van der Waals surface area (Å²) in [6, 6.07) is 5.24. The molecule has 1 heterocycles. The van der Waals surface area contributed by atoms with Crippen LogP contribution in [0.2, 0.25) is 0 Å². The van der Waals surface area contributed by atoms with Crippen molar-refractivity contribution >= 4 is 23.2 Å². The SMILES string of the molecule is CCNCC(=O)Nc1ccc2c(c1)N(C)C(=O)CO2. The number of benzene rings is 1. The highest BCUT2D eigenvalue weighted by molar-refractivity contribution is 5.99. The number of carbonyl (C=O) groups excluding carboxylic acids is 2. The fourth-order valence-electron chi connectivity index (χ4n) is 1.79. The van der Waals surface area contributed by atoms with Gasteiger partial charge in [-0.25, -0.2) is 0 Å². The van der Waals surface area contributed by atoms with Crippen molar-refractivity contribution < 1.29 is 14.3 Å². The van der Waals surface area contributed by atoms with Crippen molar-refractivity contribution in [2.45, 2.75) is 6.92 Å². The summed E-state index contributed by atoms with van der Waals surface area (Å²) in [6.07, 6.45) is 0. The quantitative estimate of drug-likeness (QED) is 0.834. The summed E-state index contributed by atoms with van der Waals surface area (Å²) >= 11 is 0. The van der Waals surface area contributed by atoms with Gasteiger partial charge in [0.25, 0.3) is 5.91 Å². The summed E-state index contributed by atoms with van der Waals surface area (Å²) in [4.78, 5) is 24.7. The van der Waals surface area contributed by atoms with Crippen LogP contribution in [0.5, 0.6) is 5.75 Å². The summed E-state index contributed by atoms with van der Waals surface area (Å²) in [6.45, 7) is 2.99. The molecule has 2 N–H and O–H groups in total. The second-order valence-corrected chi connectivity index (χ2v) is 4.25. The normalized spacial score (nSPS) is 13.8. The molecular weight excluding hydrogens is 246 g/mol. The van der Waals surface area contributed by atoms with E-state index >= 15 is 0 Å². The zero-order chi connectivity index (χ0) is 13.8. The van der Waals surface area contributed by atoms with Crippen molar-refractivity contribution in [2.75, 3.05) is 37.0 Å². The van der Waals surface area contributed by atoms with Crippen LogP contribution in [-0.2, 0) is 9.59 Å². The van der Waals surface area contributed by atoms with E-state index in [4.69, 9.17) is 4.74 Å². The van der Waals surface area contributed by atoms with Crippen LogP contribution in [0.3, 0.4) is 0 Å². The van der Waals surface area contributed by atoms with Crippen LogP contribution in [0.25, 0.3) is 0 Å². The van der Waals surface area contributed by atoms with E-state index in [1.54, 1.807) is 25.2 Å². The average Bonchev–Trinajstić information content (AvgIpc) is 2.41. The lowest BCUT2D eigenvalue weighted by Crippen LogP contribution is -2.35. The van der Waals surface area contributed by atoms with Crippen LogP contribution in [-0.4, -0.2) is 38.6 Å². The lowest BCUT2D eigenvalue weighted by molar-refractivity contribution is -0.121. The molecule has 0 radical (unpaired) electrons. The van der Waals surface area contributed by atoms with Crippen LogP contribution in [0.15, 0.2) is 18.2 Å².